The molecule has 0 unspecified atom stereocenters. The average molecular weight is 323 g/mol. The lowest BCUT2D eigenvalue weighted by Gasteiger charge is -2.31. The van der Waals surface area contributed by atoms with Gasteiger partial charge in [-0.2, -0.15) is 0 Å². The number of nitrogens with zero attached hydrogens (tertiary/aromatic N) is 1. The molecular weight excluding hydrogens is 307 g/mol. The second kappa shape index (κ2) is 7.28. The Kier molecular flexibility index (Phi) is 5.40. The number of rotatable bonds is 2. The van der Waals surface area contributed by atoms with E-state index in [0.29, 0.717) is 25.9 Å². The highest BCUT2D eigenvalue weighted by atomic mass is 35.5. The molecule has 0 atom stereocenters. The van der Waals surface area contributed by atoms with Crippen molar-refractivity contribution in [1.29, 1.82) is 0 Å². The van der Waals surface area contributed by atoms with Crippen LogP contribution >= 0.6 is 11.6 Å². The lowest BCUT2D eigenvalue weighted by atomic mass is 10.0. The van der Waals surface area contributed by atoms with Gasteiger partial charge in [0.25, 0.3) is 11.8 Å². The molecule has 1 aromatic carbocycles. The lowest BCUT2D eigenvalue weighted by molar-refractivity contribution is -0.126. The molecule has 116 valence electrons. The number of likely N-dealkylation sites (tertiary alicyclic amines) is 1. The molecule has 2 rings (SSSR count). The first-order valence-electron chi connectivity index (χ1n) is 6.99. The quantitative estimate of drug-likeness (QED) is 0.849. The van der Waals surface area contributed by atoms with E-state index in [9.17, 15) is 14.0 Å². The highest BCUT2D eigenvalue weighted by Crippen LogP contribution is 2.18. The van der Waals surface area contributed by atoms with Crippen LogP contribution in [0.1, 0.15) is 30.1 Å². The Balaban J connectivity index is 1.93. The fourth-order valence-electron chi connectivity index (χ4n) is 2.35. The van der Waals surface area contributed by atoms with E-state index in [1.54, 1.807) is 11.8 Å². The molecule has 1 aliphatic rings. The summed E-state index contributed by atoms with van der Waals surface area (Å²) in [4.78, 5) is 25.4. The summed E-state index contributed by atoms with van der Waals surface area (Å²) in [5.74, 6) is 3.98. The van der Waals surface area contributed by atoms with Crippen LogP contribution < -0.4 is 5.32 Å². The second-order valence-corrected chi connectivity index (χ2v) is 5.45. The van der Waals surface area contributed by atoms with E-state index < -0.39 is 11.7 Å². The zero-order valence-corrected chi connectivity index (χ0v) is 12.9. The minimum absolute atomic E-state index is 0.0644. The fraction of sp³-hybridized carbons (Fsp3) is 0.375. The fourth-order valence-corrected chi connectivity index (χ4v) is 2.55. The monoisotopic (exact) mass is 322 g/mol. The summed E-state index contributed by atoms with van der Waals surface area (Å²) in [6.07, 6.45) is 1.27. The molecule has 0 aromatic heterocycles. The first-order valence-corrected chi connectivity index (χ1v) is 7.36. The second-order valence-electron chi connectivity index (χ2n) is 5.04. The molecule has 1 aliphatic heterocycles. The summed E-state index contributed by atoms with van der Waals surface area (Å²) in [5, 5.41) is 3.04. The maximum absolute atomic E-state index is 13.2. The molecule has 1 saturated heterocycles. The van der Waals surface area contributed by atoms with Gasteiger partial charge in [0.05, 0.1) is 10.6 Å². The van der Waals surface area contributed by atoms with E-state index in [4.69, 9.17) is 11.6 Å². The van der Waals surface area contributed by atoms with E-state index in [1.807, 2.05) is 0 Å². The number of carbonyl (C=O) groups is 2. The van der Waals surface area contributed by atoms with Gasteiger partial charge in [0.1, 0.15) is 5.82 Å². The first-order chi connectivity index (χ1) is 10.5. The Bertz CT molecular complexity index is 643. The third-order valence-corrected chi connectivity index (χ3v) is 3.85. The van der Waals surface area contributed by atoms with Crippen LogP contribution in [-0.2, 0) is 4.79 Å². The highest BCUT2D eigenvalue weighted by molar-refractivity contribution is 6.33. The van der Waals surface area contributed by atoms with Crippen molar-refractivity contribution in [3.63, 3.8) is 0 Å². The summed E-state index contributed by atoms with van der Waals surface area (Å²) in [7, 11) is 0. The van der Waals surface area contributed by atoms with Gasteiger partial charge in [-0.1, -0.05) is 17.5 Å². The molecule has 0 spiro atoms. The maximum Gasteiger partial charge on any atom is 0.298 e. The SMILES string of the molecule is CC#CC(=O)N1CCC(NC(=O)c2cc(F)ccc2Cl)CC1. The standard InChI is InChI=1S/C16H16ClFN2O2/c1-2-3-15(21)20-8-6-12(7-9-20)19-16(22)13-10-11(18)4-5-14(13)17/h4-5,10,12H,6-9H2,1H3,(H,19,22). The number of halogens is 2. The molecule has 22 heavy (non-hydrogen) atoms. The third kappa shape index (κ3) is 3.99. The number of amides is 2. The van der Waals surface area contributed by atoms with Gasteiger partial charge < -0.3 is 10.2 Å². The number of piperidine rings is 1. The van der Waals surface area contributed by atoms with Gasteiger partial charge in [0.15, 0.2) is 0 Å². The number of benzene rings is 1. The lowest BCUT2D eigenvalue weighted by Crippen LogP contribution is -2.46. The largest absolute Gasteiger partial charge is 0.349 e. The van der Waals surface area contributed by atoms with Crippen molar-refractivity contribution in [3.8, 4) is 11.8 Å². The van der Waals surface area contributed by atoms with E-state index in [1.165, 1.54) is 12.1 Å². The summed E-state index contributed by atoms with van der Waals surface area (Å²) in [6, 6.07) is 3.62. The Morgan fingerprint density at radius 3 is 2.68 bits per heavy atom. The Hall–Kier alpha value is -2.06. The molecule has 6 heteroatoms. The summed E-state index contributed by atoms with van der Waals surface area (Å²) in [5.41, 5.74) is 0.122. The molecule has 1 aromatic rings. The van der Waals surface area contributed by atoms with Gasteiger partial charge in [-0.05, 0) is 43.9 Å². The Labute approximate surface area is 133 Å². The molecule has 1 fully saturated rings. The molecule has 1 N–H and O–H groups in total. The highest BCUT2D eigenvalue weighted by Gasteiger charge is 2.24. The molecule has 2 amide bonds. The predicted molar refractivity (Wildman–Crippen MR) is 81.9 cm³/mol. The van der Waals surface area contributed by atoms with Crippen molar-refractivity contribution in [3.05, 3.63) is 34.6 Å². The molecule has 0 aliphatic carbocycles. The van der Waals surface area contributed by atoms with E-state index in [2.05, 4.69) is 17.2 Å². The van der Waals surface area contributed by atoms with Gasteiger partial charge in [0, 0.05) is 19.1 Å². The van der Waals surface area contributed by atoms with Crippen molar-refractivity contribution < 1.29 is 14.0 Å². The minimum atomic E-state index is -0.506. The van der Waals surface area contributed by atoms with Gasteiger partial charge in [0.2, 0.25) is 0 Å². The van der Waals surface area contributed by atoms with Crippen LogP contribution in [0.4, 0.5) is 4.39 Å². The normalized spacial score (nSPS) is 15.0. The summed E-state index contributed by atoms with van der Waals surface area (Å²) < 4.78 is 13.2. The Morgan fingerprint density at radius 1 is 1.36 bits per heavy atom. The molecule has 1 heterocycles. The molecule has 0 bridgehead atoms. The van der Waals surface area contributed by atoms with Crippen molar-refractivity contribution in [2.75, 3.05) is 13.1 Å². The topological polar surface area (TPSA) is 49.4 Å². The van der Waals surface area contributed by atoms with E-state index in [-0.39, 0.29) is 22.5 Å². The van der Waals surface area contributed by atoms with Gasteiger partial charge in [-0.25, -0.2) is 4.39 Å². The smallest absolute Gasteiger partial charge is 0.298 e. The first kappa shape index (κ1) is 16.3. The van der Waals surface area contributed by atoms with Crippen LogP contribution in [-0.4, -0.2) is 35.8 Å². The Morgan fingerprint density at radius 2 is 2.05 bits per heavy atom. The maximum atomic E-state index is 13.2. The number of hydrogen-bond acceptors (Lipinski definition) is 2. The van der Waals surface area contributed by atoms with Crippen LogP contribution in [0.2, 0.25) is 5.02 Å². The average Bonchev–Trinajstić information content (AvgIpc) is 2.50. The van der Waals surface area contributed by atoms with Crippen LogP contribution in [0.3, 0.4) is 0 Å². The van der Waals surface area contributed by atoms with Crippen LogP contribution in [0.25, 0.3) is 0 Å². The van der Waals surface area contributed by atoms with Crippen molar-refractivity contribution in [2.45, 2.75) is 25.8 Å². The van der Waals surface area contributed by atoms with Crippen LogP contribution in [0.15, 0.2) is 18.2 Å². The molecular formula is C16H16ClFN2O2. The van der Waals surface area contributed by atoms with Crippen molar-refractivity contribution in [2.24, 2.45) is 0 Å². The number of hydrogen-bond donors (Lipinski definition) is 1. The van der Waals surface area contributed by atoms with Crippen molar-refractivity contribution in [1.82, 2.24) is 10.2 Å². The zero-order valence-electron chi connectivity index (χ0n) is 12.2. The predicted octanol–water partition coefficient (Wildman–Crippen LogP) is 2.22. The van der Waals surface area contributed by atoms with E-state index >= 15 is 0 Å². The number of carbonyl (C=O) groups excluding carboxylic acids is 2. The minimum Gasteiger partial charge on any atom is -0.349 e. The molecule has 0 saturated carbocycles. The zero-order chi connectivity index (χ0) is 16.1. The van der Waals surface area contributed by atoms with Gasteiger partial charge in [-0.3, -0.25) is 9.59 Å². The van der Waals surface area contributed by atoms with Crippen LogP contribution in [0.5, 0.6) is 0 Å². The van der Waals surface area contributed by atoms with Crippen molar-refractivity contribution >= 4 is 23.4 Å². The third-order valence-electron chi connectivity index (χ3n) is 3.52. The summed E-state index contributed by atoms with van der Waals surface area (Å²) in [6.45, 7) is 2.69. The summed E-state index contributed by atoms with van der Waals surface area (Å²) >= 11 is 5.91. The van der Waals surface area contributed by atoms with E-state index in [0.717, 1.165) is 6.07 Å². The van der Waals surface area contributed by atoms with Crippen LogP contribution in [0, 0.1) is 17.7 Å². The van der Waals surface area contributed by atoms with Gasteiger partial charge in [-0.15, -0.1) is 0 Å². The molecule has 0 radical (unpaired) electrons. The van der Waals surface area contributed by atoms with Gasteiger partial charge >= 0.3 is 0 Å². The molecule has 4 nitrogen and oxygen atoms in total. The number of nitrogens with one attached hydrogen (secondary N) is 1.